The number of carbonyl (C=O) groups is 1. The lowest BCUT2D eigenvalue weighted by Crippen LogP contribution is -2.13. The second-order valence-corrected chi connectivity index (χ2v) is 8.54. The van der Waals surface area contributed by atoms with E-state index in [1.807, 2.05) is 24.3 Å². The van der Waals surface area contributed by atoms with Crippen molar-refractivity contribution in [3.8, 4) is 0 Å². The van der Waals surface area contributed by atoms with Crippen LogP contribution in [0.5, 0.6) is 0 Å². The van der Waals surface area contributed by atoms with Gasteiger partial charge in [0.15, 0.2) is 0 Å². The maximum absolute atomic E-state index is 12.4. The molecule has 0 unspecified atom stereocenters. The molecular formula is C22H29NO4S. The number of carbonyl (C=O) groups excluding carboxylic acids is 1. The first kappa shape index (κ1) is 22.1. The first-order valence-electron chi connectivity index (χ1n) is 9.79. The van der Waals surface area contributed by atoms with Crippen molar-refractivity contribution in [1.29, 1.82) is 0 Å². The molecule has 0 radical (unpaired) electrons. The van der Waals surface area contributed by atoms with Gasteiger partial charge in [0.1, 0.15) is 0 Å². The number of unbranched alkanes of at least 4 members (excludes halogenated alkanes) is 5. The summed E-state index contributed by atoms with van der Waals surface area (Å²) in [6.07, 6.45) is 8.57. The van der Waals surface area contributed by atoms with Crippen LogP contribution in [0.1, 0.15) is 66.9 Å². The van der Waals surface area contributed by atoms with Gasteiger partial charge in [-0.15, -0.1) is 0 Å². The van der Waals surface area contributed by atoms with Gasteiger partial charge >= 0.3 is 0 Å². The van der Waals surface area contributed by atoms with Crippen molar-refractivity contribution in [3.05, 3.63) is 59.2 Å². The lowest BCUT2D eigenvalue weighted by molar-refractivity contribution is 0.102. The van der Waals surface area contributed by atoms with Gasteiger partial charge in [-0.3, -0.25) is 9.35 Å². The summed E-state index contributed by atoms with van der Waals surface area (Å²) in [6, 6.07) is 11.6. The Morgan fingerprint density at radius 1 is 0.964 bits per heavy atom. The molecule has 0 bridgehead atoms. The van der Waals surface area contributed by atoms with Crippen molar-refractivity contribution < 1.29 is 17.8 Å². The first-order valence-corrected chi connectivity index (χ1v) is 11.2. The molecule has 0 aliphatic rings. The van der Waals surface area contributed by atoms with E-state index in [2.05, 4.69) is 12.2 Å². The van der Waals surface area contributed by atoms with Gasteiger partial charge in [-0.1, -0.05) is 51.2 Å². The Balaban J connectivity index is 1.91. The van der Waals surface area contributed by atoms with Crippen molar-refractivity contribution in [1.82, 2.24) is 0 Å². The maximum Gasteiger partial charge on any atom is 0.294 e. The maximum atomic E-state index is 12.4. The quantitative estimate of drug-likeness (QED) is 0.411. The van der Waals surface area contributed by atoms with Crippen LogP contribution in [0.15, 0.2) is 47.4 Å². The van der Waals surface area contributed by atoms with Crippen LogP contribution in [-0.4, -0.2) is 18.9 Å². The van der Waals surface area contributed by atoms with Crippen molar-refractivity contribution >= 4 is 21.7 Å². The molecule has 0 atom stereocenters. The highest BCUT2D eigenvalue weighted by Crippen LogP contribution is 2.20. The van der Waals surface area contributed by atoms with Crippen molar-refractivity contribution in [3.63, 3.8) is 0 Å². The van der Waals surface area contributed by atoms with E-state index >= 15 is 0 Å². The Kier molecular flexibility index (Phi) is 8.20. The summed E-state index contributed by atoms with van der Waals surface area (Å²) in [5, 5.41) is 2.78. The average Bonchev–Trinajstić information content (AvgIpc) is 2.65. The molecule has 0 fully saturated rings. The molecule has 0 aromatic heterocycles. The molecule has 0 heterocycles. The van der Waals surface area contributed by atoms with E-state index in [1.165, 1.54) is 55.9 Å². The van der Waals surface area contributed by atoms with Gasteiger partial charge in [-0.2, -0.15) is 8.42 Å². The SMILES string of the molecule is CCCCCCCCc1ccc(C(=O)Nc2ccc(S(=O)(=O)O)cc2C)cc1. The number of hydrogen-bond acceptors (Lipinski definition) is 3. The third-order valence-electron chi connectivity index (χ3n) is 4.78. The molecule has 28 heavy (non-hydrogen) atoms. The molecule has 2 aromatic carbocycles. The minimum Gasteiger partial charge on any atom is -0.322 e. The largest absolute Gasteiger partial charge is 0.322 e. The third kappa shape index (κ3) is 6.77. The molecule has 0 saturated heterocycles. The normalized spacial score (nSPS) is 11.4. The average molecular weight is 404 g/mol. The Hall–Kier alpha value is -2.18. The van der Waals surface area contributed by atoms with Crippen molar-refractivity contribution in [2.75, 3.05) is 5.32 Å². The van der Waals surface area contributed by atoms with Crippen LogP contribution in [-0.2, 0) is 16.5 Å². The molecule has 2 rings (SSSR count). The fraction of sp³-hybridized carbons (Fsp3) is 0.409. The van der Waals surface area contributed by atoms with E-state index in [-0.39, 0.29) is 10.8 Å². The fourth-order valence-corrected chi connectivity index (χ4v) is 3.63. The molecule has 5 nitrogen and oxygen atoms in total. The van der Waals surface area contributed by atoms with E-state index in [9.17, 15) is 13.2 Å². The van der Waals surface area contributed by atoms with E-state index < -0.39 is 10.1 Å². The van der Waals surface area contributed by atoms with Gasteiger partial charge in [0.2, 0.25) is 0 Å². The van der Waals surface area contributed by atoms with Crippen LogP contribution in [0, 0.1) is 6.92 Å². The summed E-state index contributed by atoms with van der Waals surface area (Å²) in [5.41, 5.74) is 2.84. The van der Waals surface area contributed by atoms with Gasteiger partial charge in [0.05, 0.1) is 4.90 Å². The molecule has 152 valence electrons. The van der Waals surface area contributed by atoms with Crippen LogP contribution >= 0.6 is 0 Å². The second-order valence-electron chi connectivity index (χ2n) is 7.12. The minimum absolute atomic E-state index is 0.193. The van der Waals surface area contributed by atoms with E-state index in [4.69, 9.17) is 4.55 Å². The van der Waals surface area contributed by atoms with E-state index in [0.29, 0.717) is 16.8 Å². The number of anilines is 1. The third-order valence-corrected chi connectivity index (χ3v) is 5.63. The highest BCUT2D eigenvalue weighted by Gasteiger charge is 2.13. The zero-order valence-electron chi connectivity index (χ0n) is 16.6. The molecule has 2 N–H and O–H groups in total. The summed E-state index contributed by atoms with van der Waals surface area (Å²) < 4.78 is 31.5. The molecule has 0 spiro atoms. The Morgan fingerprint density at radius 3 is 2.21 bits per heavy atom. The zero-order chi connectivity index (χ0) is 20.6. The van der Waals surface area contributed by atoms with Crippen molar-refractivity contribution in [2.24, 2.45) is 0 Å². The number of benzene rings is 2. The summed E-state index contributed by atoms with van der Waals surface area (Å²) in [4.78, 5) is 12.2. The van der Waals surface area contributed by atoms with Gasteiger partial charge < -0.3 is 5.32 Å². The summed E-state index contributed by atoms with van der Waals surface area (Å²) >= 11 is 0. The smallest absolute Gasteiger partial charge is 0.294 e. The van der Waals surface area contributed by atoms with Crippen LogP contribution in [0.2, 0.25) is 0 Å². The van der Waals surface area contributed by atoms with Gasteiger partial charge in [0.25, 0.3) is 16.0 Å². The number of rotatable bonds is 10. The molecule has 1 amide bonds. The number of nitrogens with one attached hydrogen (secondary N) is 1. The zero-order valence-corrected chi connectivity index (χ0v) is 17.4. The summed E-state index contributed by atoms with van der Waals surface area (Å²) in [7, 11) is -4.25. The Bertz CT molecular complexity index is 889. The number of aryl methyl sites for hydroxylation is 2. The first-order chi connectivity index (χ1) is 13.3. The molecule has 0 aliphatic carbocycles. The molecule has 2 aromatic rings. The summed E-state index contributed by atoms with van der Waals surface area (Å²) in [6.45, 7) is 3.89. The van der Waals surface area contributed by atoms with Crippen molar-refractivity contribution in [2.45, 2.75) is 63.7 Å². The fourth-order valence-electron chi connectivity index (χ4n) is 3.06. The number of hydrogen-bond donors (Lipinski definition) is 2. The van der Waals surface area contributed by atoms with E-state index in [1.54, 1.807) is 6.92 Å². The topological polar surface area (TPSA) is 83.5 Å². The highest BCUT2D eigenvalue weighted by atomic mass is 32.2. The highest BCUT2D eigenvalue weighted by molar-refractivity contribution is 7.85. The van der Waals surface area contributed by atoms with Crippen LogP contribution in [0.4, 0.5) is 5.69 Å². The van der Waals surface area contributed by atoms with E-state index in [0.717, 1.165) is 12.8 Å². The predicted molar refractivity (Wildman–Crippen MR) is 112 cm³/mol. The standard InChI is InChI=1S/C22H29NO4S/c1-3-4-5-6-7-8-9-18-10-12-19(13-11-18)22(24)23-21-15-14-20(16-17(21)2)28(25,26)27/h10-16H,3-9H2,1-2H3,(H,23,24)(H,25,26,27). The molecule has 0 aliphatic heterocycles. The van der Waals surface area contributed by atoms with Crippen LogP contribution in [0.25, 0.3) is 0 Å². The Labute approximate surface area is 167 Å². The Morgan fingerprint density at radius 2 is 1.61 bits per heavy atom. The van der Waals surface area contributed by atoms with Crippen LogP contribution < -0.4 is 5.32 Å². The minimum atomic E-state index is -4.25. The predicted octanol–water partition coefficient (Wildman–Crippen LogP) is 5.40. The lowest BCUT2D eigenvalue weighted by Gasteiger charge is -2.10. The monoisotopic (exact) mass is 403 g/mol. The molecular weight excluding hydrogens is 374 g/mol. The molecule has 0 saturated carbocycles. The lowest BCUT2D eigenvalue weighted by atomic mass is 10.0. The van der Waals surface area contributed by atoms with Gasteiger partial charge in [-0.25, -0.2) is 0 Å². The molecule has 6 heteroatoms. The van der Waals surface area contributed by atoms with Gasteiger partial charge in [0, 0.05) is 11.3 Å². The second kappa shape index (κ2) is 10.4. The van der Waals surface area contributed by atoms with Gasteiger partial charge in [-0.05, 0) is 61.2 Å². The summed E-state index contributed by atoms with van der Waals surface area (Å²) in [5.74, 6) is -0.256. The van der Waals surface area contributed by atoms with Crippen LogP contribution in [0.3, 0.4) is 0 Å². The number of amides is 1.